The van der Waals surface area contributed by atoms with Crippen molar-refractivity contribution in [1.29, 1.82) is 0 Å². The summed E-state index contributed by atoms with van der Waals surface area (Å²) in [4.78, 5) is 8.15. The van der Waals surface area contributed by atoms with E-state index >= 15 is 0 Å². The number of anilines is 1. The Balaban J connectivity index is 1.76. The summed E-state index contributed by atoms with van der Waals surface area (Å²) in [7, 11) is 1.54. The molecule has 2 fully saturated rings. The summed E-state index contributed by atoms with van der Waals surface area (Å²) in [5.74, 6) is 0.625. The highest BCUT2D eigenvalue weighted by Gasteiger charge is 2.41. The molecule has 3 atom stereocenters. The second kappa shape index (κ2) is 4.31. The summed E-state index contributed by atoms with van der Waals surface area (Å²) in [6, 6.07) is 0.617. The quantitative estimate of drug-likeness (QED) is 0.894. The number of fused-ring (bicyclic) bond motifs is 2. The minimum atomic E-state index is 0.289. The molecule has 6 heteroatoms. The fourth-order valence-electron chi connectivity index (χ4n) is 2.52. The fourth-order valence-corrected chi connectivity index (χ4v) is 2.66. The average molecular weight is 256 g/mol. The van der Waals surface area contributed by atoms with E-state index in [4.69, 9.17) is 21.1 Å². The molecule has 0 spiro atoms. The van der Waals surface area contributed by atoms with Crippen molar-refractivity contribution in [1.82, 2.24) is 9.97 Å². The van der Waals surface area contributed by atoms with Gasteiger partial charge in [-0.05, 0) is 19.3 Å². The highest BCUT2D eigenvalue weighted by molar-refractivity contribution is 6.32. The molecule has 3 heterocycles. The van der Waals surface area contributed by atoms with Gasteiger partial charge in [-0.3, -0.25) is 0 Å². The lowest BCUT2D eigenvalue weighted by Gasteiger charge is -2.21. The van der Waals surface area contributed by atoms with Crippen LogP contribution in [-0.4, -0.2) is 35.3 Å². The Morgan fingerprint density at radius 1 is 1.53 bits per heavy atom. The minimum absolute atomic E-state index is 0.289. The Morgan fingerprint density at radius 2 is 2.41 bits per heavy atom. The number of rotatable bonds is 3. The van der Waals surface area contributed by atoms with Crippen molar-refractivity contribution >= 4 is 17.4 Å². The Labute approximate surface area is 104 Å². The third-order valence-electron chi connectivity index (χ3n) is 3.33. The largest absolute Gasteiger partial charge is 0.467 e. The maximum Gasteiger partial charge on any atom is 0.318 e. The van der Waals surface area contributed by atoms with E-state index in [1.807, 2.05) is 0 Å². The highest BCUT2D eigenvalue weighted by Crippen LogP contribution is 2.36. The Kier molecular flexibility index (Phi) is 2.80. The molecule has 92 valence electrons. The molecule has 5 nitrogen and oxygen atoms in total. The van der Waals surface area contributed by atoms with Crippen LogP contribution in [0.3, 0.4) is 0 Å². The van der Waals surface area contributed by atoms with Crippen LogP contribution in [0.5, 0.6) is 6.01 Å². The summed E-state index contributed by atoms with van der Waals surface area (Å²) in [6.07, 6.45) is 5.54. The first kappa shape index (κ1) is 11.0. The van der Waals surface area contributed by atoms with Crippen LogP contribution in [0.2, 0.25) is 5.02 Å². The maximum absolute atomic E-state index is 6.05. The first-order valence-corrected chi connectivity index (χ1v) is 6.12. The normalized spacial score (nSPS) is 30.6. The molecule has 3 rings (SSSR count). The van der Waals surface area contributed by atoms with Crippen molar-refractivity contribution in [3.8, 4) is 6.01 Å². The van der Waals surface area contributed by atoms with E-state index in [9.17, 15) is 0 Å². The van der Waals surface area contributed by atoms with Gasteiger partial charge in [0, 0.05) is 0 Å². The molecule has 0 aromatic carbocycles. The molecule has 0 radical (unpaired) electrons. The van der Waals surface area contributed by atoms with E-state index in [2.05, 4.69) is 15.3 Å². The number of nitrogens with one attached hydrogen (secondary N) is 1. The standard InChI is InChI=1S/C11H14ClN3O2/c1-16-11-13-5-7(12)10(15-11)14-8-4-6-2-3-9(8)17-6/h5-6,8-9H,2-4H2,1H3,(H,13,14,15). The van der Waals surface area contributed by atoms with Crippen LogP contribution in [-0.2, 0) is 4.74 Å². The smallest absolute Gasteiger partial charge is 0.318 e. The predicted octanol–water partition coefficient (Wildman–Crippen LogP) is 1.87. The molecular formula is C11H14ClN3O2. The Hall–Kier alpha value is -1.07. The van der Waals surface area contributed by atoms with Gasteiger partial charge >= 0.3 is 6.01 Å². The van der Waals surface area contributed by atoms with Gasteiger partial charge in [0.05, 0.1) is 31.6 Å². The van der Waals surface area contributed by atoms with Gasteiger partial charge in [-0.2, -0.15) is 4.98 Å². The molecule has 2 aliphatic rings. The Morgan fingerprint density at radius 3 is 3.06 bits per heavy atom. The molecule has 1 aromatic heterocycles. The number of ether oxygens (including phenoxy) is 2. The Bertz CT molecular complexity index is 429. The molecular weight excluding hydrogens is 242 g/mol. The molecule has 3 unspecified atom stereocenters. The molecule has 0 amide bonds. The van der Waals surface area contributed by atoms with Gasteiger partial charge < -0.3 is 14.8 Å². The first-order valence-electron chi connectivity index (χ1n) is 5.75. The minimum Gasteiger partial charge on any atom is -0.467 e. The van der Waals surface area contributed by atoms with Crippen LogP contribution in [0.15, 0.2) is 6.20 Å². The third-order valence-corrected chi connectivity index (χ3v) is 3.61. The monoisotopic (exact) mass is 255 g/mol. The van der Waals surface area contributed by atoms with E-state index in [1.165, 1.54) is 13.5 Å². The number of nitrogens with zero attached hydrogens (tertiary/aromatic N) is 2. The summed E-state index contributed by atoms with van der Waals surface area (Å²) < 4.78 is 10.8. The number of hydrogen-bond acceptors (Lipinski definition) is 5. The molecule has 1 N–H and O–H groups in total. The van der Waals surface area contributed by atoms with Crippen LogP contribution in [0, 0.1) is 0 Å². The zero-order chi connectivity index (χ0) is 11.8. The number of aromatic nitrogens is 2. The van der Waals surface area contributed by atoms with E-state index in [0.29, 0.717) is 29.0 Å². The van der Waals surface area contributed by atoms with Crippen molar-refractivity contribution in [2.45, 2.75) is 37.5 Å². The lowest BCUT2D eigenvalue weighted by atomic mass is 9.95. The number of hydrogen-bond donors (Lipinski definition) is 1. The molecule has 2 saturated heterocycles. The van der Waals surface area contributed by atoms with Crippen LogP contribution in [0.25, 0.3) is 0 Å². The van der Waals surface area contributed by atoms with Crippen molar-refractivity contribution in [2.24, 2.45) is 0 Å². The zero-order valence-corrected chi connectivity index (χ0v) is 10.3. The van der Waals surface area contributed by atoms with Gasteiger partial charge in [-0.1, -0.05) is 11.6 Å². The first-order chi connectivity index (χ1) is 8.26. The lowest BCUT2D eigenvalue weighted by Crippen LogP contribution is -2.31. The van der Waals surface area contributed by atoms with E-state index in [-0.39, 0.29) is 6.10 Å². The predicted molar refractivity (Wildman–Crippen MR) is 63.5 cm³/mol. The van der Waals surface area contributed by atoms with Crippen molar-refractivity contribution in [3.05, 3.63) is 11.2 Å². The third kappa shape index (κ3) is 2.05. The molecule has 17 heavy (non-hydrogen) atoms. The summed E-state index contributed by atoms with van der Waals surface area (Å²) >= 11 is 6.05. The number of methoxy groups -OCH3 is 1. The van der Waals surface area contributed by atoms with E-state index < -0.39 is 0 Å². The van der Waals surface area contributed by atoms with Gasteiger partial charge in [0.1, 0.15) is 5.02 Å². The van der Waals surface area contributed by atoms with Crippen molar-refractivity contribution in [3.63, 3.8) is 0 Å². The van der Waals surface area contributed by atoms with Crippen LogP contribution < -0.4 is 10.1 Å². The van der Waals surface area contributed by atoms with Gasteiger partial charge in [0.25, 0.3) is 0 Å². The number of halogens is 1. The summed E-state index contributed by atoms with van der Waals surface area (Å²) in [6.45, 7) is 0. The summed E-state index contributed by atoms with van der Waals surface area (Å²) in [5.41, 5.74) is 0. The zero-order valence-electron chi connectivity index (χ0n) is 9.52. The SMILES string of the molecule is COc1ncc(Cl)c(NC2CC3CCC2O3)n1. The second-order valence-electron chi connectivity index (χ2n) is 4.41. The average Bonchev–Trinajstić information content (AvgIpc) is 2.94. The fraction of sp³-hybridized carbons (Fsp3) is 0.636. The lowest BCUT2D eigenvalue weighted by molar-refractivity contribution is 0.102. The van der Waals surface area contributed by atoms with Crippen molar-refractivity contribution < 1.29 is 9.47 Å². The maximum atomic E-state index is 6.05. The van der Waals surface area contributed by atoms with Gasteiger partial charge in [-0.15, -0.1) is 0 Å². The topological polar surface area (TPSA) is 56.3 Å². The van der Waals surface area contributed by atoms with Crippen molar-refractivity contribution in [2.75, 3.05) is 12.4 Å². The van der Waals surface area contributed by atoms with E-state index in [1.54, 1.807) is 6.20 Å². The molecule has 1 aromatic rings. The molecule has 2 bridgehead atoms. The van der Waals surface area contributed by atoms with Crippen LogP contribution in [0.1, 0.15) is 19.3 Å². The summed E-state index contributed by atoms with van der Waals surface area (Å²) in [5, 5.41) is 3.84. The molecule has 0 aliphatic carbocycles. The molecule has 0 saturated carbocycles. The van der Waals surface area contributed by atoms with E-state index in [0.717, 1.165) is 12.8 Å². The second-order valence-corrected chi connectivity index (χ2v) is 4.82. The van der Waals surface area contributed by atoms with Gasteiger partial charge in [-0.25, -0.2) is 4.98 Å². The van der Waals surface area contributed by atoms with Gasteiger partial charge in [0.2, 0.25) is 0 Å². The molecule has 2 aliphatic heterocycles. The van der Waals surface area contributed by atoms with Crippen LogP contribution in [0.4, 0.5) is 5.82 Å². The van der Waals surface area contributed by atoms with Crippen LogP contribution >= 0.6 is 11.6 Å². The highest BCUT2D eigenvalue weighted by atomic mass is 35.5. The van der Waals surface area contributed by atoms with Gasteiger partial charge in [0.15, 0.2) is 5.82 Å².